The number of hydrogen-bond acceptors (Lipinski definition) is 6. The number of imidazole rings is 1. The highest BCUT2D eigenvalue weighted by atomic mass is 16.6. The molecule has 0 aromatic carbocycles. The zero-order valence-electron chi connectivity index (χ0n) is 18.8. The Labute approximate surface area is 177 Å². The molecule has 1 unspecified atom stereocenters. The lowest BCUT2D eigenvalue weighted by Gasteiger charge is -2.30. The first-order chi connectivity index (χ1) is 13.7. The van der Waals surface area contributed by atoms with Crippen LogP contribution in [0.4, 0.5) is 9.59 Å². The van der Waals surface area contributed by atoms with E-state index in [2.05, 4.69) is 9.97 Å². The first-order valence-corrected chi connectivity index (χ1v) is 10.1. The highest BCUT2D eigenvalue weighted by molar-refractivity contribution is 5.88. The second-order valence-electron chi connectivity index (χ2n) is 10.1. The number of nitrogens with one attached hydrogen (secondary N) is 1. The molecular weight excluding hydrogens is 390 g/mol. The van der Waals surface area contributed by atoms with E-state index in [4.69, 9.17) is 9.47 Å². The normalized spacial score (nSPS) is 22.2. The molecule has 1 aromatic rings. The van der Waals surface area contributed by atoms with Crippen LogP contribution in [0.3, 0.4) is 0 Å². The molecular formula is C21H33N3O6. The molecule has 2 rings (SSSR count). The summed E-state index contributed by atoms with van der Waals surface area (Å²) in [4.78, 5) is 45.0. The van der Waals surface area contributed by atoms with Crippen molar-refractivity contribution in [3.63, 3.8) is 0 Å². The number of aliphatic carboxylic acids is 1. The van der Waals surface area contributed by atoms with Crippen molar-refractivity contribution in [1.82, 2.24) is 14.9 Å². The maximum Gasteiger partial charge on any atom is 0.419 e. The molecule has 1 aliphatic rings. The van der Waals surface area contributed by atoms with Crippen molar-refractivity contribution in [1.29, 1.82) is 0 Å². The molecule has 0 bridgehead atoms. The van der Waals surface area contributed by atoms with Crippen LogP contribution >= 0.6 is 0 Å². The molecule has 1 fully saturated rings. The highest BCUT2D eigenvalue weighted by Gasteiger charge is 2.62. The Morgan fingerprint density at radius 2 is 1.73 bits per heavy atom. The Bertz CT molecular complexity index is 750. The van der Waals surface area contributed by atoms with Crippen LogP contribution in [0.25, 0.3) is 0 Å². The molecule has 3 atom stereocenters. The van der Waals surface area contributed by atoms with Crippen molar-refractivity contribution in [2.45, 2.75) is 77.9 Å². The lowest BCUT2D eigenvalue weighted by molar-refractivity contribution is -0.140. The van der Waals surface area contributed by atoms with E-state index in [1.54, 1.807) is 41.5 Å². The largest absolute Gasteiger partial charge is 0.481 e. The van der Waals surface area contributed by atoms with Crippen molar-refractivity contribution < 1.29 is 29.0 Å². The average molecular weight is 424 g/mol. The van der Waals surface area contributed by atoms with Gasteiger partial charge in [0, 0.05) is 12.7 Å². The summed E-state index contributed by atoms with van der Waals surface area (Å²) in [5.74, 6) is -1.18. The number of imide groups is 1. The van der Waals surface area contributed by atoms with Crippen LogP contribution < -0.4 is 0 Å². The van der Waals surface area contributed by atoms with E-state index in [-0.39, 0.29) is 18.4 Å². The summed E-state index contributed by atoms with van der Waals surface area (Å²) in [6, 6.07) is 0. The van der Waals surface area contributed by atoms with Crippen molar-refractivity contribution in [2.75, 3.05) is 6.54 Å². The van der Waals surface area contributed by atoms with E-state index in [0.717, 1.165) is 4.90 Å². The molecule has 2 N–H and O–H groups in total. The summed E-state index contributed by atoms with van der Waals surface area (Å²) in [6.45, 7) is 12.3. The third-order valence-electron chi connectivity index (χ3n) is 4.87. The molecule has 30 heavy (non-hydrogen) atoms. The summed E-state index contributed by atoms with van der Waals surface area (Å²) >= 11 is 0. The van der Waals surface area contributed by atoms with Crippen molar-refractivity contribution in [3.05, 3.63) is 18.2 Å². The van der Waals surface area contributed by atoms with Crippen LogP contribution in [-0.2, 0) is 19.7 Å². The molecule has 0 radical (unpaired) electrons. The van der Waals surface area contributed by atoms with Crippen LogP contribution in [0.5, 0.6) is 0 Å². The Morgan fingerprint density at radius 1 is 1.20 bits per heavy atom. The molecule has 9 heteroatoms. The molecule has 1 aromatic heterocycles. The predicted octanol–water partition coefficient (Wildman–Crippen LogP) is 3.95. The summed E-state index contributed by atoms with van der Waals surface area (Å²) in [5.41, 5.74) is -1.96. The van der Waals surface area contributed by atoms with Crippen LogP contribution in [-0.4, -0.2) is 55.9 Å². The van der Waals surface area contributed by atoms with Gasteiger partial charge >= 0.3 is 18.2 Å². The number of carbonyl (C=O) groups excluding carboxylic acids is 2. The van der Waals surface area contributed by atoms with Gasteiger partial charge in [-0.1, -0.05) is 6.92 Å². The lowest BCUT2D eigenvalue weighted by atomic mass is 9.94. The number of carboxylic acid groups (broad SMARTS) is 1. The second-order valence-corrected chi connectivity index (χ2v) is 10.1. The zero-order chi connectivity index (χ0) is 22.9. The molecule has 0 spiro atoms. The minimum absolute atomic E-state index is 0.0685. The van der Waals surface area contributed by atoms with E-state index in [1.165, 1.54) is 12.5 Å². The quantitative estimate of drug-likeness (QED) is 0.710. The van der Waals surface area contributed by atoms with E-state index >= 15 is 0 Å². The first-order valence-electron chi connectivity index (χ1n) is 10.1. The topological polar surface area (TPSA) is 122 Å². The fourth-order valence-corrected chi connectivity index (χ4v) is 3.55. The number of ether oxygens (including phenoxy) is 2. The predicted molar refractivity (Wildman–Crippen MR) is 109 cm³/mol. The number of amides is 2. The maximum atomic E-state index is 12.6. The molecule has 2 amide bonds. The molecule has 1 heterocycles. The SMILES string of the molecule is CC(C[C@H]1C[C@]1(C(=O)O)c1cnc[nH]1)CN(C(=O)OC(C)(C)C)C(=O)OC(C)(C)C. The Kier molecular flexibility index (Phi) is 6.54. The summed E-state index contributed by atoms with van der Waals surface area (Å²) in [7, 11) is 0. The third-order valence-corrected chi connectivity index (χ3v) is 4.87. The van der Waals surface area contributed by atoms with Crippen LogP contribution in [0, 0.1) is 11.8 Å². The minimum Gasteiger partial charge on any atom is -0.481 e. The van der Waals surface area contributed by atoms with Gasteiger partial charge in [0.15, 0.2) is 0 Å². The summed E-state index contributed by atoms with van der Waals surface area (Å²) < 4.78 is 10.7. The van der Waals surface area contributed by atoms with E-state index < -0.39 is 34.8 Å². The molecule has 0 aliphatic heterocycles. The number of nitrogens with zero attached hydrogens (tertiary/aromatic N) is 2. The zero-order valence-corrected chi connectivity index (χ0v) is 18.8. The molecule has 1 aliphatic carbocycles. The van der Waals surface area contributed by atoms with Crippen molar-refractivity contribution >= 4 is 18.2 Å². The number of aromatic nitrogens is 2. The summed E-state index contributed by atoms with van der Waals surface area (Å²) in [5, 5.41) is 9.77. The standard InChI is InChI=1S/C21H33N3O6/c1-13(8-14-9-21(14,16(25)26)15-10-22-12-23-15)11-24(17(27)29-19(2,3)4)18(28)30-20(5,6)7/h10,12-14H,8-9,11H2,1-7H3,(H,22,23)(H,25,26)/t13?,14-,21+/m0/s1. The molecule has 0 saturated heterocycles. The Hall–Kier alpha value is -2.58. The van der Waals surface area contributed by atoms with Crippen molar-refractivity contribution in [3.8, 4) is 0 Å². The smallest absolute Gasteiger partial charge is 0.419 e. The molecule has 1 saturated carbocycles. The van der Waals surface area contributed by atoms with Gasteiger partial charge in [-0.2, -0.15) is 0 Å². The number of carbonyl (C=O) groups is 3. The second kappa shape index (κ2) is 8.28. The van der Waals surface area contributed by atoms with Gasteiger partial charge in [-0.3, -0.25) is 4.79 Å². The fourth-order valence-electron chi connectivity index (χ4n) is 3.55. The fraction of sp³-hybridized carbons (Fsp3) is 0.714. The van der Waals surface area contributed by atoms with Gasteiger partial charge in [0.25, 0.3) is 0 Å². The van der Waals surface area contributed by atoms with Gasteiger partial charge in [0.1, 0.15) is 16.6 Å². The summed E-state index contributed by atoms with van der Waals surface area (Å²) in [6.07, 6.45) is 2.44. The van der Waals surface area contributed by atoms with E-state index in [9.17, 15) is 19.5 Å². The number of rotatable bonds is 6. The number of H-pyrrole nitrogens is 1. The number of aromatic amines is 1. The number of hydrogen-bond donors (Lipinski definition) is 2. The van der Waals surface area contributed by atoms with Gasteiger partial charge in [-0.25, -0.2) is 19.5 Å². The lowest BCUT2D eigenvalue weighted by Crippen LogP contribution is -2.45. The first kappa shape index (κ1) is 23.7. The van der Waals surface area contributed by atoms with Gasteiger partial charge in [0.05, 0.1) is 12.0 Å². The van der Waals surface area contributed by atoms with Crippen LogP contribution in [0.15, 0.2) is 12.5 Å². The third kappa shape index (κ3) is 5.73. The van der Waals surface area contributed by atoms with Crippen LogP contribution in [0.1, 0.15) is 67.0 Å². The Morgan fingerprint density at radius 3 is 2.13 bits per heavy atom. The average Bonchev–Trinajstić information content (AvgIpc) is 3.00. The van der Waals surface area contributed by atoms with Gasteiger partial charge in [-0.05, 0) is 66.2 Å². The monoisotopic (exact) mass is 423 g/mol. The van der Waals surface area contributed by atoms with Gasteiger partial charge in [0.2, 0.25) is 0 Å². The Balaban J connectivity index is 2.10. The van der Waals surface area contributed by atoms with Gasteiger partial charge < -0.3 is 19.6 Å². The molecule has 9 nitrogen and oxygen atoms in total. The van der Waals surface area contributed by atoms with E-state index in [0.29, 0.717) is 18.5 Å². The highest BCUT2D eigenvalue weighted by Crippen LogP contribution is 2.56. The van der Waals surface area contributed by atoms with Crippen LogP contribution in [0.2, 0.25) is 0 Å². The minimum atomic E-state index is -0.993. The number of carboxylic acids is 1. The molecule has 168 valence electrons. The van der Waals surface area contributed by atoms with Gasteiger partial charge in [-0.15, -0.1) is 0 Å². The van der Waals surface area contributed by atoms with Crippen molar-refractivity contribution in [2.24, 2.45) is 11.8 Å². The maximum absolute atomic E-state index is 12.6. The van der Waals surface area contributed by atoms with E-state index in [1.807, 2.05) is 6.92 Å².